The molecule has 110 valence electrons. The van der Waals surface area contributed by atoms with Crippen molar-refractivity contribution in [2.45, 2.75) is 20.8 Å². The lowest BCUT2D eigenvalue weighted by atomic mass is 10.1. The van der Waals surface area contributed by atoms with Gasteiger partial charge in [-0.3, -0.25) is 5.32 Å². The minimum Gasteiger partial charge on any atom is -0.473 e. The summed E-state index contributed by atoms with van der Waals surface area (Å²) in [5.41, 5.74) is 3.39. The maximum atomic E-state index is 11.7. The number of nitrogens with zero attached hydrogens (tertiary/aromatic N) is 1. The molecule has 2 rings (SSSR count). The van der Waals surface area contributed by atoms with E-state index in [0.29, 0.717) is 5.82 Å². The number of aryl methyl sites for hydroxylation is 3. The molecule has 21 heavy (non-hydrogen) atoms. The minimum atomic E-state index is -0.350. The van der Waals surface area contributed by atoms with Gasteiger partial charge in [-0.2, -0.15) is 0 Å². The largest absolute Gasteiger partial charge is 0.473 e. The van der Waals surface area contributed by atoms with E-state index in [-0.39, 0.29) is 12.8 Å². The van der Waals surface area contributed by atoms with Gasteiger partial charge in [-0.25, -0.2) is 9.78 Å². The van der Waals surface area contributed by atoms with Gasteiger partial charge in [0.15, 0.2) is 6.73 Å². The minimum absolute atomic E-state index is 0.0974. The molecule has 2 amide bonds. The molecule has 2 N–H and O–H groups in total. The summed E-state index contributed by atoms with van der Waals surface area (Å²) < 4.78 is 5.48. The molecular weight excluding hydrogens is 266 g/mol. The van der Waals surface area contributed by atoms with Crippen LogP contribution in [0.1, 0.15) is 16.7 Å². The van der Waals surface area contributed by atoms with Gasteiger partial charge in [-0.1, -0.05) is 6.07 Å². The zero-order chi connectivity index (χ0) is 15.2. The number of anilines is 1. The van der Waals surface area contributed by atoms with Crippen molar-refractivity contribution in [1.82, 2.24) is 10.3 Å². The standard InChI is InChI=1S/C16H19N3O2/c1-11-6-7-17-15(8-11)19-16(20)18-10-21-14-5-4-12(2)13(3)9-14/h4-9H,10H2,1-3H3,(H2,17,18,19,20). The Morgan fingerprint density at radius 3 is 2.67 bits per heavy atom. The number of benzene rings is 1. The number of carbonyl (C=O) groups is 1. The fraction of sp³-hybridized carbons (Fsp3) is 0.250. The molecule has 0 unspecified atom stereocenters. The second-order valence-electron chi connectivity index (χ2n) is 4.88. The van der Waals surface area contributed by atoms with Gasteiger partial charge in [0, 0.05) is 6.20 Å². The molecule has 0 aliphatic carbocycles. The Morgan fingerprint density at radius 1 is 1.14 bits per heavy atom. The summed E-state index contributed by atoms with van der Waals surface area (Å²) in [7, 11) is 0. The Hall–Kier alpha value is -2.56. The van der Waals surface area contributed by atoms with E-state index < -0.39 is 0 Å². The first-order valence-corrected chi connectivity index (χ1v) is 6.72. The van der Waals surface area contributed by atoms with E-state index in [1.807, 2.05) is 45.0 Å². The van der Waals surface area contributed by atoms with Crippen molar-refractivity contribution in [3.05, 3.63) is 53.2 Å². The molecule has 5 heteroatoms. The SMILES string of the molecule is Cc1ccnc(NC(=O)NCOc2ccc(C)c(C)c2)c1. The van der Waals surface area contributed by atoms with Crippen molar-refractivity contribution < 1.29 is 9.53 Å². The fourth-order valence-corrected chi connectivity index (χ4v) is 1.75. The molecule has 0 bridgehead atoms. The third-order valence-electron chi connectivity index (χ3n) is 3.11. The van der Waals surface area contributed by atoms with Crippen molar-refractivity contribution >= 4 is 11.8 Å². The van der Waals surface area contributed by atoms with Gasteiger partial charge in [0.1, 0.15) is 11.6 Å². The second kappa shape index (κ2) is 6.74. The first-order chi connectivity index (χ1) is 10.0. The predicted molar refractivity (Wildman–Crippen MR) is 82.5 cm³/mol. The number of amides is 2. The molecule has 1 aromatic carbocycles. The third-order valence-corrected chi connectivity index (χ3v) is 3.11. The number of pyridine rings is 1. The molecule has 0 spiro atoms. The monoisotopic (exact) mass is 285 g/mol. The van der Waals surface area contributed by atoms with Gasteiger partial charge < -0.3 is 10.1 Å². The highest BCUT2D eigenvalue weighted by Gasteiger charge is 2.03. The maximum absolute atomic E-state index is 11.7. The van der Waals surface area contributed by atoms with Crippen molar-refractivity contribution in [1.29, 1.82) is 0 Å². The zero-order valence-electron chi connectivity index (χ0n) is 12.4. The van der Waals surface area contributed by atoms with Crippen molar-refractivity contribution in [2.24, 2.45) is 0 Å². The Labute approximate surface area is 124 Å². The van der Waals surface area contributed by atoms with Crippen LogP contribution < -0.4 is 15.4 Å². The molecule has 0 fully saturated rings. The molecule has 2 aromatic rings. The topological polar surface area (TPSA) is 63.2 Å². The number of hydrogen-bond donors (Lipinski definition) is 2. The molecule has 1 aromatic heterocycles. The second-order valence-corrected chi connectivity index (χ2v) is 4.88. The summed E-state index contributed by atoms with van der Waals surface area (Å²) in [5, 5.41) is 5.27. The highest BCUT2D eigenvalue weighted by molar-refractivity contribution is 5.88. The summed E-state index contributed by atoms with van der Waals surface area (Å²) in [6.07, 6.45) is 1.65. The highest BCUT2D eigenvalue weighted by atomic mass is 16.5. The van der Waals surface area contributed by atoms with E-state index in [2.05, 4.69) is 15.6 Å². The number of ether oxygens (including phenoxy) is 1. The first-order valence-electron chi connectivity index (χ1n) is 6.72. The van der Waals surface area contributed by atoms with E-state index in [4.69, 9.17) is 4.74 Å². The molecular formula is C16H19N3O2. The Bertz CT molecular complexity index is 641. The number of carbonyl (C=O) groups excluding carboxylic acids is 1. The number of rotatable bonds is 4. The number of nitrogens with one attached hydrogen (secondary N) is 2. The van der Waals surface area contributed by atoms with Crippen molar-refractivity contribution in [3.8, 4) is 5.75 Å². The molecule has 1 heterocycles. The summed E-state index contributed by atoms with van der Waals surface area (Å²) >= 11 is 0. The maximum Gasteiger partial charge on any atom is 0.323 e. The average molecular weight is 285 g/mol. The van der Waals surface area contributed by atoms with E-state index >= 15 is 0 Å². The van der Waals surface area contributed by atoms with Crippen LogP contribution in [0.5, 0.6) is 5.75 Å². The van der Waals surface area contributed by atoms with Crippen LogP contribution in [-0.2, 0) is 0 Å². The Morgan fingerprint density at radius 2 is 1.95 bits per heavy atom. The van der Waals surface area contributed by atoms with Gasteiger partial charge in [-0.15, -0.1) is 0 Å². The Balaban J connectivity index is 1.80. The van der Waals surface area contributed by atoms with E-state index in [1.165, 1.54) is 5.56 Å². The van der Waals surface area contributed by atoms with Gasteiger partial charge >= 0.3 is 6.03 Å². The highest BCUT2D eigenvalue weighted by Crippen LogP contribution is 2.15. The molecule has 0 atom stereocenters. The van der Waals surface area contributed by atoms with Crippen LogP contribution in [0.2, 0.25) is 0 Å². The molecule has 0 saturated heterocycles. The smallest absolute Gasteiger partial charge is 0.323 e. The molecule has 0 radical (unpaired) electrons. The lowest BCUT2D eigenvalue weighted by molar-refractivity contribution is 0.234. The normalized spacial score (nSPS) is 10.0. The molecule has 0 aliphatic rings. The average Bonchev–Trinajstić information content (AvgIpc) is 2.43. The van der Waals surface area contributed by atoms with Gasteiger partial charge in [0.25, 0.3) is 0 Å². The fourth-order valence-electron chi connectivity index (χ4n) is 1.75. The van der Waals surface area contributed by atoms with E-state index in [1.54, 1.807) is 12.3 Å². The lowest BCUT2D eigenvalue weighted by Gasteiger charge is -2.10. The number of urea groups is 1. The summed E-state index contributed by atoms with van der Waals surface area (Å²) in [6, 6.07) is 9.12. The first kappa shape index (κ1) is 14.8. The number of aromatic nitrogens is 1. The van der Waals surface area contributed by atoms with Crippen LogP contribution in [-0.4, -0.2) is 17.7 Å². The molecule has 0 saturated carbocycles. The molecule has 5 nitrogen and oxygen atoms in total. The quantitative estimate of drug-likeness (QED) is 0.848. The Kier molecular flexibility index (Phi) is 4.77. The number of hydrogen-bond acceptors (Lipinski definition) is 3. The summed E-state index contributed by atoms with van der Waals surface area (Å²) in [6.45, 7) is 6.10. The van der Waals surface area contributed by atoms with Crippen LogP contribution in [0.3, 0.4) is 0 Å². The molecule has 0 aliphatic heterocycles. The van der Waals surface area contributed by atoms with Crippen LogP contribution >= 0.6 is 0 Å². The zero-order valence-corrected chi connectivity index (χ0v) is 12.4. The van der Waals surface area contributed by atoms with Crippen LogP contribution in [0.15, 0.2) is 36.5 Å². The lowest BCUT2D eigenvalue weighted by Crippen LogP contribution is -2.32. The van der Waals surface area contributed by atoms with Gasteiger partial charge in [-0.05, 0) is 61.7 Å². The van der Waals surface area contributed by atoms with Crippen molar-refractivity contribution in [2.75, 3.05) is 12.0 Å². The van der Waals surface area contributed by atoms with Crippen LogP contribution in [0.4, 0.5) is 10.6 Å². The van der Waals surface area contributed by atoms with Crippen molar-refractivity contribution in [3.63, 3.8) is 0 Å². The van der Waals surface area contributed by atoms with Crippen LogP contribution in [0, 0.1) is 20.8 Å². The van der Waals surface area contributed by atoms with E-state index in [0.717, 1.165) is 16.9 Å². The summed E-state index contributed by atoms with van der Waals surface area (Å²) in [4.78, 5) is 15.7. The van der Waals surface area contributed by atoms with E-state index in [9.17, 15) is 4.79 Å². The van der Waals surface area contributed by atoms with Crippen LogP contribution in [0.25, 0.3) is 0 Å². The predicted octanol–water partition coefficient (Wildman–Crippen LogP) is 3.16. The van der Waals surface area contributed by atoms with Gasteiger partial charge in [0.05, 0.1) is 0 Å². The third kappa shape index (κ3) is 4.49. The summed E-state index contributed by atoms with van der Waals surface area (Å²) in [5.74, 6) is 1.24. The van der Waals surface area contributed by atoms with Gasteiger partial charge in [0.2, 0.25) is 0 Å².